The van der Waals surface area contributed by atoms with Gasteiger partial charge in [0.2, 0.25) is 11.8 Å². The molecule has 2 aromatic rings. The van der Waals surface area contributed by atoms with E-state index in [0.29, 0.717) is 22.4 Å². The first kappa shape index (κ1) is 22.5. The molecule has 2 heterocycles. The molecule has 1 saturated heterocycles. The minimum Gasteiger partial charge on any atom is -0.496 e. The summed E-state index contributed by atoms with van der Waals surface area (Å²) in [7, 11) is 1.44. The molecule has 1 atom stereocenters. The molecule has 11 heteroatoms. The standard InChI is InChI=1S/C22H19ClFN3O6/c1-32-18-5-11(10-33-22(31)25-14-7-12(23)6-13(24)8-14)4-15-16(18)9-27(21(15)30)17-2-3-19(28)26-20(17)29/h4-8,17H,2-3,9-10H2,1H3,(H,25,31)(H,26,28,29). The average molecular weight is 476 g/mol. The maximum atomic E-state index is 13.4. The first-order valence-corrected chi connectivity index (χ1v) is 10.4. The average Bonchev–Trinajstić information content (AvgIpc) is 3.07. The molecule has 0 radical (unpaired) electrons. The van der Waals surface area contributed by atoms with Crippen LogP contribution in [0.4, 0.5) is 14.9 Å². The lowest BCUT2D eigenvalue weighted by Crippen LogP contribution is -2.52. The summed E-state index contributed by atoms with van der Waals surface area (Å²) in [5, 5.41) is 4.75. The van der Waals surface area contributed by atoms with Crippen molar-refractivity contribution in [1.29, 1.82) is 0 Å². The Labute approximate surface area is 192 Å². The van der Waals surface area contributed by atoms with E-state index < -0.39 is 23.9 Å². The normalized spacial score (nSPS) is 17.5. The van der Waals surface area contributed by atoms with E-state index in [1.807, 2.05) is 0 Å². The molecule has 9 nitrogen and oxygen atoms in total. The van der Waals surface area contributed by atoms with Gasteiger partial charge in [-0.3, -0.25) is 25.0 Å². The third kappa shape index (κ3) is 4.75. The number of carbonyl (C=O) groups excluding carboxylic acids is 4. The molecule has 0 aromatic heterocycles. The Bertz CT molecular complexity index is 1150. The van der Waals surface area contributed by atoms with E-state index in [1.165, 1.54) is 18.1 Å². The van der Waals surface area contributed by atoms with E-state index in [9.17, 15) is 23.6 Å². The van der Waals surface area contributed by atoms with Crippen molar-refractivity contribution in [3.8, 4) is 5.75 Å². The summed E-state index contributed by atoms with van der Waals surface area (Å²) in [4.78, 5) is 50.2. The van der Waals surface area contributed by atoms with Crippen molar-refractivity contribution in [2.45, 2.75) is 32.0 Å². The lowest BCUT2D eigenvalue weighted by atomic mass is 10.0. The summed E-state index contributed by atoms with van der Waals surface area (Å²) >= 11 is 5.77. The zero-order chi connectivity index (χ0) is 23.7. The minimum atomic E-state index is -0.840. The van der Waals surface area contributed by atoms with Crippen molar-refractivity contribution in [3.05, 3.63) is 57.9 Å². The molecule has 2 aromatic carbocycles. The maximum absolute atomic E-state index is 13.4. The molecule has 0 spiro atoms. The van der Waals surface area contributed by atoms with Gasteiger partial charge in [-0.05, 0) is 42.3 Å². The van der Waals surface area contributed by atoms with Gasteiger partial charge in [-0.1, -0.05) is 11.6 Å². The monoisotopic (exact) mass is 475 g/mol. The molecule has 4 amide bonds. The molecule has 1 unspecified atom stereocenters. The van der Waals surface area contributed by atoms with E-state index in [0.717, 1.165) is 12.1 Å². The fourth-order valence-corrected chi connectivity index (χ4v) is 4.10. The predicted molar refractivity (Wildman–Crippen MR) is 114 cm³/mol. The zero-order valence-electron chi connectivity index (χ0n) is 17.4. The molecule has 2 aliphatic heterocycles. The Hall–Kier alpha value is -3.66. The van der Waals surface area contributed by atoms with Crippen LogP contribution in [-0.2, 0) is 27.5 Å². The number of imide groups is 1. The molecule has 0 aliphatic carbocycles. The van der Waals surface area contributed by atoms with Crippen LogP contribution in [0.1, 0.15) is 34.3 Å². The van der Waals surface area contributed by atoms with Crippen LogP contribution in [0.5, 0.6) is 5.75 Å². The van der Waals surface area contributed by atoms with Crippen LogP contribution in [0.2, 0.25) is 5.02 Å². The first-order valence-electron chi connectivity index (χ1n) is 9.99. The molecular weight excluding hydrogens is 457 g/mol. The second-order valence-electron chi connectivity index (χ2n) is 7.58. The maximum Gasteiger partial charge on any atom is 0.411 e. The second-order valence-corrected chi connectivity index (χ2v) is 8.02. The van der Waals surface area contributed by atoms with Crippen LogP contribution in [-0.4, -0.2) is 41.9 Å². The Morgan fingerprint density at radius 1 is 1.24 bits per heavy atom. The molecule has 0 bridgehead atoms. The van der Waals surface area contributed by atoms with Gasteiger partial charge >= 0.3 is 6.09 Å². The zero-order valence-corrected chi connectivity index (χ0v) is 18.2. The van der Waals surface area contributed by atoms with Crippen LogP contribution >= 0.6 is 11.6 Å². The number of hydrogen-bond acceptors (Lipinski definition) is 6. The van der Waals surface area contributed by atoms with Gasteiger partial charge in [0.25, 0.3) is 5.91 Å². The van der Waals surface area contributed by atoms with Gasteiger partial charge in [0, 0.05) is 28.3 Å². The van der Waals surface area contributed by atoms with E-state index in [-0.39, 0.29) is 48.5 Å². The van der Waals surface area contributed by atoms with Crippen molar-refractivity contribution in [2.24, 2.45) is 0 Å². The number of anilines is 1. The number of hydrogen-bond donors (Lipinski definition) is 2. The smallest absolute Gasteiger partial charge is 0.411 e. The van der Waals surface area contributed by atoms with Crippen molar-refractivity contribution >= 4 is 41.1 Å². The fraction of sp³-hybridized carbons (Fsp3) is 0.273. The lowest BCUT2D eigenvalue weighted by molar-refractivity contribution is -0.136. The molecule has 1 fully saturated rings. The third-order valence-corrected chi connectivity index (χ3v) is 5.59. The van der Waals surface area contributed by atoms with Gasteiger partial charge < -0.3 is 14.4 Å². The number of nitrogens with one attached hydrogen (secondary N) is 2. The Morgan fingerprint density at radius 3 is 2.73 bits per heavy atom. The van der Waals surface area contributed by atoms with Crippen LogP contribution < -0.4 is 15.4 Å². The van der Waals surface area contributed by atoms with Crippen LogP contribution in [0, 0.1) is 5.82 Å². The van der Waals surface area contributed by atoms with Crippen LogP contribution in [0.15, 0.2) is 30.3 Å². The molecule has 172 valence electrons. The Balaban J connectivity index is 1.47. The van der Waals surface area contributed by atoms with Gasteiger partial charge in [0.1, 0.15) is 24.2 Å². The second kappa shape index (κ2) is 9.07. The van der Waals surface area contributed by atoms with Crippen molar-refractivity contribution in [2.75, 3.05) is 12.4 Å². The molecular formula is C22H19ClFN3O6. The summed E-state index contributed by atoms with van der Waals surface area (Å²) in [6.07, 6.45) is -0.446. The number of benzene rings is 2. The molecule has 2 N–H and O–H groups in total. The molecule has 4 rings (SSSR count). The van der Waals surface area contributed by atoms with Crippen LogP contribution in [0.25, 0.3) is 0 Å². The molecule has 2 aliphatic rings. The number of piperidine rings is 1. The van der Waals surface area contributed by atoms with Gasteiger partial charge in [0.15, 0.2) is 0 Å². The van der Waals surface area contributed by atoms with Crippen molar-refractivity contribution < 1.29 is 33.0 Å². The summed E-state index contributed by atoms with van der Waals surface area (Å²) in [5.41, 5.74) is 1.55. The number of methoxy groups -OCH3 is 1. The number of amides is 4. The summed E-state index contributed by atoms with van der Waals surface area (Å²) in [5.74, 6) is -1.45. The minimum absolute atomic E-state index is 0.118. The number of halogens is 2. The highest BCUT2D eigenvalue weighted by Crippen LogP contribution is 2.35. The topological polar surface area (TPSA) is 114 Å². The van der Waals surface area contributed by atoms with Gasteiger partial charge in [0.05, 0.1) is 13.7 Å². The van der Waals surface area contributed by atoms with E-state index >= 15 is 0 Å². The number of rotatable bonds is 5. The van der Waals surface area contributed by atoms with Gasteiger partial charge in [-0.15, -0.1) is 0 Å². The Morgan fingerprint density at radius 2 is 2.03 bits per heavy atom. The van der Waals surface area contributed by atoms with E-state index in [1.54, 1.807) is 12.1 Å². The summed E-state index contributed by atoms with van der Waals surface area (Å²) in [6.45, 7) is -0.0320. The highest BCUT2D eigenvalue weighted by molar-refractivity contribution is 6.30. The molecule has 33 heavy (non-hydrogen) atoms. The number of nitrogens with zero attached hydrogens (tertiary/aromatic N) is 1. The van der Waals surface area contributed by atoms with Gasteiger partial charge in [-0.2, -0.15) is 0 Å². The van der Waals surface area contributed by atoms with Gasteiger partial charge in [-0.25, -0.2) is 9.18 Å². The first-order chi connectivity index (χ1) is 15.7. The van der Waals surface area contributed by atoms with E-state index in [4.69, 9.17) is 21.1 Å². The fourth-order valence-electron chi connectivity index (χ4n) is 3.88. The summed E-state index contributed by atoms with van der Waals surface area (Å²) in [6, 6.07) is 6.01. The number of carbonyl (C=O) groups is 4. The van der Waals surface area contributed by atoms with Crippen molar-refractivity contribution in [1.82, 2.24) is 10.2 Å². The Kier molecular flexibility index (Phi) is 6.19. The number of fused-ring (bicyclic) bond motifs is 1. The van der Waals surface area contributed by atoms with Crippen LogP contribution in [0.3, 0.4) is 0 Å². The SMILES string of the molecule is COc1cc(COC(=O)Nc2cc(F)cc(Cl)c2)cc2c1CN(C1CCC(=O)NC1=O)C2=O. The quantitative estimate of drug-likeness (QED) is 0.643. The van der Waals surface area contributed by atoms with Crippen molar-refractivity contribution in [3.63, 3.8) is 0 Å². The largest absolute Gasteiger partial charge is 0.496 e. The third-order valence-electron chi connectivity index (χ3n) is 5.37. The molecule has 0 saturated carbocycles. The predicted octanol–water partition coefficient (Wildman–Crippen LogP) is 3.00. The van der Waals surface area contributed by atoms with E-state index in [2.05, 4.69) is 10.6 Å². The highest BCUT2D eigenvalue weighted by Gasteiger charge is 2.40. The highest BCUT2D eigenvalue weighted by atomic mass is 35.5. The lowest BCUT2D eigenvalue weighted by Gasteiger charge is -2.29. The number of ether oxygens (including phenoxy) is 2. The summed E-state index contributed by atoms with van der Waals surface area (Å²) < 4.78 is 24.0.